The second-order valence-electron chi connectivity index (χ2n) is 3.63. The molecule has 0 amide bonds. The topological polar surface area (TPSA) is 50.2 Å². The van der Waals surface area contributed by atoms with E-state index >= 15 is 0 Å². The molecule has 0 fully saturated rings. The van der Waals surface area contributed by atoms with E-state index in [0.717, 1.165) is 11.8 Å². The smallest absolute Gasteiger partial charge is 0.185 e. The molecule has 0 aliphatic carbocycles. The maximum Gasteiger partial charge on any atom is 0.185 e. The lowest BCUT2D eigenvalue weighted by molar-refractivity contribution is 0.0988. The molecule has 3 nitrogen and oxygen atoms in total. The monoisotopic (exact) mass is 231 g/mol. The van der Waals surface area contributed by atoms with E-state index in [1.807, 2.05) is 0 Å². The first kappa shape index (κ1) is 11.3. The Labute approximate surface area is 97.6 Å². The highest BCUT2D eigenvalue weighted by atomic mass is 19.1. The number of nitrogens with zero attached hydrogens (tertiary/aromatic N) is 1. The maximum atomic E-state index is 12.6. The fraction of sp³-hybridized carbons (Fsp3) is 0.0769. The molecule has 86 valence electrons. The van der Waals surface area contributed by atoms with Crippen molar-refractivity contribution in [2.45, 2.75) is 6.42 Å². The molecule has 2 rings (SSSR count). The van der Waals surface area contributed by atoms with Gasteiger partial charge >= 0.3 is 0 Å². The summed E-state index contributed by atoms with van der Waals surface area (Å²) in [6.07, 6.45) is 1.20. The van der Waals surface area contributed by atoms with Crippen LogP contribution in [0.15, 0.2) is 42.6 Å². The van der Waals surface area contributed by atoms with Crippen LogP contribution < -0.4 is 0 Å². The summed E-state index contributed by atoms with van der Waals surface area (Å²) in [5.41, 5.74) is 1.01. The summed E-state index contributed by atoms with van der Waals surface area (Å²) in [5, 5.41) is 9.10. The third-order valence-electron chi connectivity index (χ3n) is 2.31. The van der Waals surface area contributed by atoms with E-state index in [1.54, 1.807) is 12.1 Å². The summed E-state index contributed by atoms with van der Waals surface area (Å²) in [4.78, 5) is 15.5. The lowest BCUT2D eigenvalue weighted by Crippen LogP contribution is -2.05. The van der Waals surface area contributed by atoms with E-state index in [9.17, 15) is 9.18 Å². The third kappa shape index (κ3) is 2.87. The molecule has 0 aliphatic heterocycles. The summed E-state index contributed by atoms with van der Waals surface area (Å²) in [7, 11) is 0. The van der Waals surface area contributed by atoms with Crippen molar-refractivity contribution in [1.82, 2.24) is 4.98 Å². The second-order valence-corrected chi connectivity index (χ2v) is 3.63. The number of phenols is 1. The van der Waals surface area contributed by atoms with Crippen LogP contribution in [0.3, 0.4) is 0 Å². The van der Waals surface area contributed by atoms with Gasteiger partial charge in [-0.1, -0.05) is 12.1 Å². The average Bonchev–Trinajstić information content (AvgIpc) is 2.33. The molecular weight excluding hydrogens is 221 g/mol. The Morgan fingerprint density at radius 1 is 1.18 bits per heavy atom. The van der Waals surface area contributed by atoms with Gasteiger partial charge in [0.25, 0.3) is 0 Å². The summed E-state index contributed by atoms with van der Waals surface area (Å²) in [6.45, 7) is 0. The number of rotatable bonds is 3. The molecule has 17 heavy (non-hydrogen) atoms. The predicted octanol–water partition coefficient (Wildman–Crippen LogP) is 2.35. The molecule has 0 bridgehead atoms. The number of halogens is 1. The molecule has 0 radical (unpaired) electrons. The maximum absolute atomic E-state index is 12.6. The number of aromatic hydroxyl groups is 1. The van der Waals surface area contributed by atoms with Crippen LogP contribution in [0.5, 0.6) is 5.75 Å². The van der Waals surface area contributed by atoms with Crippen LogP contribution in [0.1, 0.15) is 16.1 Å². The molecule has 1 aromatic heterocycles. The number of carbonyl (C=O) groups is 1. The van der Waals surface area contributed by atoms with Gasteiger partial charge in [0.05, 0.1) is 6.20 Å². The average molecular weight is 231 g/mol. The van der Waals surface area contributed by atoms with Gasteiger partial charge in [-0.25, -0.2) is 4.39 Å². The standard InChI is InChI=1S/C13H10FNO2/c14-10-3-6-12(15-8-10)13(17)7-9-1-4-11(16)5-2-9/h1-6,8,16H,7H2. The minimum absolute atomic E-state index is 0.154. The number of aromatic nitrogens is 1. The van der Waals surface area contributed by atoms with Crippen molar-refractivity contribution in [3.05, 3.63) is 59.7 Å². The van der Waals surface area contributed by atoms with Crippen molar-refractivity contribution in [2.75, 3.05) is 0 Å². The molecule has 1 aromatic carbocycles. The van der Waals surface area contributed by atoms with Gasteiger partial charge in [0.2, 0.25) is 0 Å². The van der Waals surface area contributed by atoms with Gasteiger partial charge < -0.3 is 5.11 Å². The van der Waals surface area contributed by atoms with Gasteiger partial charge in [0.1, 0.15) is 17.3 Å². The second kappa shape index (κ2) is 4.74. The van der Waals surface area contributed by atoms with Gasteiger partial charge in [-0.15, -0.1) is 0 Å². The van der Waals surface area contributed by atoms with Crippen LogP contribution >= 0.6 is 0 Å². The number of benzene rings is 1. The van der Waals surface area contributed by atoms with Crippen molar-refractivity contribution in [3.8, 4) is 5.75 Å². The third-order valence-corrected chi connectivity index (χ3v) is 2.31. The fourth-order valence-electron chi connectivity index (χ4n) is 1.43. The normalized spacial score (nSPS) is 10.2. The molecule has 0 spiro atoms. The number of Topliss-reactive ketones (excluding diaryl/α,β-unsaturated/α-hetero) is 1. The Hall–Kier alpha value is -2.23. The summed E-state index contributed by atoms with van der Waals surface area (Å²) in [5.74, 6) is -0.497. The van der Waals surface area contributed by atoms with E-state index in [-0.39, 0.29) is 23.6 Å². The lowest BCUT2D eigenvalue weighted by atomic mass is 10.1. The minimum atomic E-state index is -0.466. The molecule has 0 unspecified atom stereocenters. The van der Waals surface area contributed by atoms with Gasteiger partial charge in [0, 0.05) is 6.42 Å². The number of phenolic OH excluding ortho intramolecular Hbond substituents is 1. The van der Waals surface area contributed by atoms with Gasteiger partial charge in [-0.05, 0) is 29.8 Å². The Balaban J connectivity index is 2.11. The van der Waals surface area contributed by atoms with Crippen LogP contribution in [0.25, 0.3) is 0 Å². The van der Waals surface area contributed by atoms with Crippen molar-refractivity contribution >= 4 is 5.78 Å². The van der Waals surface area contributed by atoms with Crippen molar-refractivity contribution in [2.24, 2.45) is 0 Å². The van der Waals surface area contributed by atoms with Gasteiger partial charge in [-0.3, -0.25) is 9.78 Å². The zero-order valence-electron chi connectivity index (χ0n) is 8.93. The Kier molecular flexibility index (Phi) is 3.14. The summed E-state index contributed by atoms with van der Waals surface area (Å²) >= 11 is 0. The van der Waals surface area contributed by atoms with Crippen molar-refractivity contribution in [3.63, 3.8) is 0 Å². The van der Waals surface area contributed by atoms with E-state index in [4.69, 9.17) is 5.11 Å². The predicted molar refractivity (Wildman–Crippen MR) is 60.3 cm³/mol. The van der Waals surface area contributed by atoms with Crippen LogP contribution in [0.2, 0.25) is 0 Å². The molecule has 1 N–H and O–H groups in total. The largest absolute Gasteiger partial charge is 0.508 e. The molecule has 0 aliphatic rings. The first-order valence-electron chi connectivity index (χ1n) is 5.08. The molecule has 4 heteroatoms. The molecular formula is C13H10FNO2. The SMILES string of the molecule is O=C(Cc1ccc(O)cc1)c1ccc(F)cn1. The first-order valence-corrected chi connectivity index (χ1v) is 5.08. The van der Waals surface area contributed by atoms with Gasteiger partial charge in [-0.2, -0.15) is 0 Å². The quantitative estimate of drug-likeness (QED) is 0.825. The highest BCUT2D eigenvalue weighted by Crippen LogP contribution is 2.11. The molecule has 0 atom stereocenters. The van der Waals surface area contributed by atoms with Crippen LogP contribution in [-0.4, -0.2) is 15.9 Å². The summed E-state index contributed by atoms with van der Waals surface area (Å²) < 4.78 is 12.6. The highest BCUT2D eigenvalue weighted by molar-refractivity contribution is 5.95. The Morgan fingerprint density at radius 3 is 2.47 bits per heavy atom. The number of hydrogen-bond donors (Lipinski definition) is 1. The summed E-state index contributed by atoms with van der Waals surface area (Å²) in [6, 6.07) is 8.92. The zero-order valence-corrected chi connectivity index (χ0v) is 8.93. The molecule has 0 saturated carbocycles. The molecule has 1 heterocycles. The van der Waals surface area contributed by atoms with Crippen molar-refractivity contribution in [1.29, 1.82) is 0 Å². The van der Waals surface area contributed by atoms with E-state index in [1.165, 1.54) is 24.3 Å². The van der Waals surface area contributed by atoms with Gasteiger partial charge in [0.15, 0.2) is 5.78 Å². The number of hydrogen-bond acceptors (Lipinski definition) is 3. The molecule has 0 saturated heterocycles. The number of carbonyl (C=O) groups excluding carboxylic acids is 1. The fourth-order valence-corrected chi connectivity index (χ4v) is 1.43. The molecule has 2 aromatic rings. The zero-order chi connectivity index (χ0) is 12.3. The Morgan fingerprint density at radius 2 is 1.88 bits per heavy atom. The van der Waals surface area contributed by atoms with E-state index in [0.29, 0.717) is 0 Å². The number of pyridine rings is 1. The lowest BCUT2D eigenvalue weighted by Gasteiger charge is -2.01. The minimum Gasteiger partial charge on any atom is -0.508 e. The number of ketones is 1. The van der Waals surface area contributed by atoms with Crippen LogP contribution in [-0.2, 0) is 6.42 Å². The van der Waals surface area contributed by atoms with Crippen LogP contribution in [0.4, 0.5) is 4.39 Å². The van der Waals surface area contributed by atoms with Crippen LogP contribution in [0, 0.1) is 5.82 Å². The van der Waals surface area contributed by atoms with Crippen molar-refractivity contribution < 1.29 is 14.3 Å². The van der Waals surface area contributed by atoms with E-state index < -0.39 is 5.82 Å². The van der Waals surface area contributed by atoms with E-state index in [2.05, 4.69) is 4.98 Å². The Bertz CT molecular complexity index is 520. The highest BCUT2D eigenvalue weighted by Gasteiger charge is 2.08. The first-order chi connectivity index (χ1) is 8.15.